The van der Waals surface area contributed by atoms with E-state index in [1.807, 2.05) is 18.2 Å². The molecule has 1 heteroatoms. The van der Waals surface area contributed by atoms with Crippen molar-refractivity contribution in [2.24, 2.45) is 5.92 Å². The van der Waals surface area contributed by atoms with E-state index in [9.17, 15) is 0 Å². The Bertz CT molecular complexity index is 686. The van der Waals surface area contributed by atoms with E-state index in [1.165, 1.54) is 56.1 Å². The van der Waals surface area contributed by atoms with Gasteiger partial charge in [0.25, 0.3) is 0 Å². The highest BCUT2D eigenvalue weighted by molar-refractivity contribution is 5.35. The van der Waals surface area contributed by atoms with Gasteiger partial charge >= 0.3 is 0 Å². The summed E-state index contributed by atoms with van der Waals surface area (Å²) in [6.07, 6.45) is 20.6. The summed E-state index contributed by atoms with van der Waals surface area (Å²) in [5.41, 5.74) is 8.50. The van der Waals surface area contributed by atoms with Gasteiger partial charge in [0.15, 0.2) is 0 Å². The molecule has 0 unspecified atom stereocenters. The van der Waals surface area contributed by atoms with Gasteiger partial charge in [-0.2, -0.15) is 0 Å². The monoisotopic (exact) mass is 332 g/mol. The van der Waals surface area contributed by atoms with Crippen LogP contribution >= 0.6 is 0 Å². The third kappa shape index (κ3) is 6.31. The third-order valence-electron chi connectivity index (χ3n) is 5.04. The van der Waals surface area contributed by atoms with Crippen LogP contribution in [0.1, 0.15) is 50.5 Å². The Labute approximate surface area is 152 Å². The van der Waals surface area contributed by atoms with Crippen molar-refractivity contribution in [2.75, 3.05) is 6.61 Å². The molecule has 0 N–H and O–H groups in total. The summed E-state index contributed by atoms with van der Waals surface area (Å²) in [4.78, 5) is 0. The maximum atomic E-state index is 5.92. The van der Waals surface area contributed by atoms with E-state index in [4.69, 9.17) is 4.74 Å². The molecule has 0 atom stereocenters. The lowest BCUT2D eigenvalue weighted by atomic mass is 9.86. The van der Waals surface area contributed by atoms with Crippen molar-refractivity contribution in [3.8, 4) is 5.75 Å². The highest BCUT2D eigenvalue weighted by Crippen LogP contribution is 2.27. The van der Waals surface area contributed by atoms with E-state index in [-0.39, 0.29) is 0 Å². The number of hydrogen-bond donors (Lipinski definition) is 0. The molecule has 0 radical (unpaired) electrons. The van der Waals surface area contributed by atoms with Crippen LogP contribution in [0.2, 0.25) is 0 Å². The molecule has 1 aromatic rings. The maximum absolute atomic E-state index is 5.92. The Morgan fingerprint density at radius 3 is 2.60 bits per heavy atom. The number of rotatable bonds is 7. The molecule has 0 aliphatic heterocycles. The maximum Gasteiger partial charge on any atom is 0.119 e. The van der Waals surface area contributed by atoms with Gasteiger partial charge in [-0.3, -0.25) is 0 Å². The molecule has 0 spiro atoms. The number of benzene rings is 1. The summed E-state index contributed by atoms with van der Waals surface area (Å²) < 4.78 is 5.92. The van der Waals surface area contributed by atoms with Gasteiger partial charge in [-0.25, -0.2) is 0 Å². The van der Waals surface area contributed by atoms with E-state index >= 15 is 0 Å². The summed E-state index contributed by atoms with van der Waals surface area (Å²) in [7, 11) is 0. The molecule has 25 heavy (non-hydrogen) atoms. The topological polar surface area (TPSA) is 9.23 Å². The molecule has 0 bridgehead atoms. The standard InChI is InChI=1S/C24H28O/c1-2-5-12-22(13-6-3-1)20-23-15-17-24(18-16-23)25-19-9-14-21-10-7-4-8-11-21/h2,5-6,12-13,15-18,21H,4,7-11,14,19-20H2/b5-2?,12-5?,13-6?,22-12?,22-13+. The van der Waals surface area contributed by atoms with E-state index in [0.29, 0.717) is 0 Å². The average molecular weight is 332 g/mol. The second kappa shape index (κ2) is 9.94. The molecular weight excluding hydrogens is 304 g/mol. The lowest BCUT2D eigenvalue weighted by Gasteiger charge is -2.21. The first-order valence-corrected chi connectivity index (χ1v) is 9.65. The molecule has 1 aromatic carbocycles. The Kier molecular flexibility index (Phi) is 7.01. The van der Waals surface area contributed by atoms with Crippen LogP contribution < -0.4 is 4.74 Å². The molecular formula is C24H28O. The highest BCUT2D eigenvalue weighted by Gasteiger charge is 2.12. The van der Waals surface area contributed by atoms with Crippen LogP contribution in [0.3, 0.4) is 0 Å². The molecule has 130 valence electrons. The average Bonchev–Trinajstić information content (AvgIpc) is 2.63. The van der Waals surface area contributed by atoms with E-state index < -0.39 is 0 Å². The normalized spacial score (nSPS) is 19.3. The van der Waals surface area contributed by atoms with Gasteiger partial charge in [-0.05, 0) is 60.6 Å². The Morgan fingerprint density at radius 1 is 0.960 bits per heavy atom. The molecule has 1 fully saturated rings. The minimum atomic E-state index is 0.840. The van der Waals surface area contributed by atoms with Crippen molar-refractivity contribution < 1.29 is 4.74 Å². The number of hydrogen-bond acceptors (Lipinski definition) is 1. The lowest BCUT2D eigenvalue weighted by Crippen LogP contribution is -2.08. The van der Waals surface area contributed by atoms with E-state index in [1.54, 1.807) is 0 Å². The Hall–Kier alpha value is -2.20. The van der Waals surface area contributed by atoms with Crippen molar-refractivity contribution in [1.82, 2.24) is 0 Å². The van der Waals surface area contributed by atoms with Crippen LogP contribution in [-0.4, -0.2) is 6.61 Å². The smallest absolute Gasteiger partial charge is 0.119 e. The second-order valence-corrected chi connectivity index (χ2v) is 7.04. The second-order valence-electron chi connectivity index (χ2n) is 7.04. The first-order chi connectivity index (χ1) is 12.4. The van der Waals surface area contributed by atoms with Crippen LogP contribution in [0.5, 0.6) is 5.75 Å². The van der Waals surface area contributed by atoms with Crippen LogP contribution in [0.4, 0.5) is 0 Å². The summed E-state index contributed by atoms with van der Waals surface area (Å²) in [6.45, 7) is 0.840. The molecule has 0 saturated heterocycles. The van der Waals surface area contributed by atoms with Gasteiger partial charge in [0.2, 0.25) is 0 Å². The predicted octanol–water partition coefficient (Wildman–Crippen LogP) is 6.33. The summed E-state index contributed by atoms with van der Waals surface area (Å²) in [5, 5.41) is 0. The largest absolute Gasteiger partial charge is 0.494 e. The van der Waals surface area contributed by atoms with Crippen molar-refractivity contribution >= 4 is 0 Å². The molecule has 2 aliphatic rings. The third-order valence-corrected chi connectivity index (χ3v) is 5.04. The fourth-order valence-corrected chi connectivity index (χ4v) is 3.62. The first-order valence-electron chi connectivity index (χ1n) is 9.65. The zero-order chi connectivity index (χ0) is 17.2. The lowest BCUT2D eigenvalue weighted by molar-refractivity contribution is 0.269. The van der Waals surface area contributed by atoms with Crippen molar-refractivity contribution in [1.29, 1.82) is 0 Å². The minimum Gasteiger partial charge on any atom is -0.494 e. The summed E-state index contributed by atoms with van der Waals surface area (Å²) in [6, 6.07) is 8.52. The minimum absolute atomic E-state index is 0.840. The van der Waals surface area contributed by atoms with Gasteiger partial charge in [-0.15, -0.1) is 0 Å². The summed E-state index contributed by atoms with van der Waals surface area (Å²) >= 11 is 0. The first kappa shape index (κ1) is 17.6. The van der Waals surface area contributed by atoms with Crippen LogP contribution in [0, 0.1) is 5.92 Å². The Balaban J connectivity index is 1.42. The predicted molar refractivity (Wildman–Crippen MR) is 105 cm³/mol. The highest BCUT2D eigenvalue weighted by atomic mass is 16.5. The fraction of sp³-hybridized carbons (Fsp3) is 0.417. The van der Waals surface area contributed by atoms with E-state index in [0.717, 1.165) is 24.7 Å². The van der Waals surface area contributed by atoms with Crippen LogP contribution in [-0.2, 0) is 6.42 Å². The molecule has 3 rings (SSSR count). The van der Waals surface area contributed by atoms with Gasteiger partial charge in [0, 0.05) is 0 Å². The van der Waals surface area contributed by atoms with Crippen molar-refractivity contribution in [3.05, 3.63) is 77.2 Å². The van der Waals surface area contributed by atoms with Crippen LogP contribution in [0.25, 0.3) is 0 Å². The zero-order valence-electron chi connectivity index (χ0n) is 15.0. The molecule has 0 amide bonds. The Morgan fingerprint density at radius 2 is 1.76 bits per heavy atom. The van der Waals surface area contributed by atoms with Crippen molar-refractivity contribution in [2.45, 2.75) is 51.4 Å². The fourth-order valence-electron chi connectivity index (χ4n) is 3.62. The van der Waals surface area contributed by atoms with Gasteiger partial charge < -0.3 is 4.74 Å². The number of allylic oxidation sites excluding steroid dienone is 6. The molecule has 2 aliphatic carbocycles. The SMILES string of the molecule is C1=C=C/C=C(/Cc2ccc(OCCCC3CCCCC3)cc2)C=CC=1. The van der Waals surface area contributed by atoms with Gasteiger partial charge in [0.05, 0.1) is 6.61 Å². The zero-order valence-corrected chi connectivity index (χ0v) is 15.0. The number of ether oxygens (including phenoxy) is 1. The molecule has 0 heterocycles. The van der Waals surface area contributed by atoms with Crippen molar-refractivity contribution in [3.63, 3.8) is 0 Å². The van der Waals surface area contributed by atoms with Gasteiger partial charge in [0.1, 0.15) is 5.75 Å². The molecule has 0 aromatic heterocycles. The molecule has 1 saturated carbocycles. The molecule has 1 nitrogen and oxygen atoms in total. The van der Waals surface area contributed by atoms with Gasteiger partial charge in [-0.1, -0.05) is 73.9 Å². The quantitative estimate of drug-likeness (QED) is 0.419. The van der Waals surface area contributed by atoms with Crippen LogP contribution in [0.15, 0.2) is 71.7 Å². The van der Waals surface area contributed by atoms with E-state index in [2.05, 4.69) is 47.9 Å². The summed E-state index contributed by atoms with van der Waals surface area (Å²) in [5.74, 6) is 1.93.